The molecule has 1 aliphatic heterocycles. The first-order valence-electron chi connectivity index (χ1n) is 16.1. The van der Waals surface area contributed by atoms with Gasteiger partial charge in [-0.05, 0) is 90.3 Å². The van der Waals surface area contributed by atoms with Gasteiger partial charge in [-0.1, -0.05) is 70.1 Å². The van der Waals surface area contributed by atoms with Crippen LogP contribution in [0.25, 0.3) is 22.4 Å². The predicted molar refractivity (Wildman–Crippen MR) is 187 cm³/mol. The average Bonchev–Trinajstić information content (AvgIpc) is 3.66. The van der Waals surface area contributed by atoms with Gasteiger partial charge in [-0.25, -0.2) is 18.4 Å². The van der Waals surface area contributed by atoms with Crippen LogP contribution in [-0.4, -0.2) is 36.2 Å². The second kappa shape index (κ2) is 13.1. The lowest BCUT2D eigenvalue weighted by molar-refractivity contribution is 0.342. The Bertz CT molecular complexity index is 1860. The summed E-state index contributed by atoms with van der Waals surface area (Å²) in [6.45, 7) is 11.4. The van der Waals surface area contributed by atoms with Gasteiger partial charge in [0.15, 0.2) is 23.3 Å². The zero-order chi connectivity index (χ0) is 32.6. The smallest absolute Gasteiger partial charge is 0.184 e. The molecule has 6 rings (SSSR count). The van der Waals surface area contributed by atoms with Crippen LogP contribution in [0, 0.1) is 23.0 Å². The normalized spacial score (nSPS) is 19.2. The molecule has 4 bridgehead atoms. The van der Waals surface area contributed by atoms with Crippen molar-refractivity contribution in [3.05, 3.63) is 89.0 Å². The van der Waals surface area contributed by atoms with Gasteiger partial charge in [-0.2, -0.15) is 16.9 Å². The number of benzene rings is 2. The van der Waals surface area contributed by atoms with Gasteiger partial charge in [0, 0.05) is 29.7 Å². The molecule has 0 unspecified atom stereocenters. The van der Waals surface area contributed by atoms with E-state index < -0.39 is 17.0 Å². The number of aromatic amines is 1. The zero-order valence-corrected chi connectivity index (χ0v) is 29.2. The number of halogens is 2. The predicted octanol–water partition coefficient (Wildman–Crippen LogP) is 9.78. The van der Waals surface area contributed by atoms with E-state index in [4.69, 9.17) is 10.1 Å². The van der Waals surface area contributed by atoms with E-state index >= 15 is 8.78 Å². The third-order valence-electron chi connectivity index (χ3n) is 9.12. The summed E-state index contributed by atoms with van der Waals surface area (Å²) in [6.07, 6.45) is 8.05. The number of rotatable bonds is 3. The molecule has 4 heterocycles. The van der Waals surface area contributed by atoms with Gasteiger partial charge in [-0.3, -0.25) is 4.98 Å². The number of H-pyrrole nitrogens is 1. The van der Waals surface area contributed by atoms with E-state index in [0.717, 1.165) is 58.9 Å². The second-order valence-electron chi connectivity index (χ2n) is 14.0. The highest BCUT2D eigenvalue weighted by molar-refractivity contribution is 7.99. The van der Waals surface area contributed by atoms with E-state index in [1.165, 1.54) is 22.9 Å². The van der Waals surface area contributed by atoms with Crippen LogP contribution in [0.5, 0.6) is 0 Å². The highest BCUT2D eigenvalue weighted by Crippen LogP contribution is 2.42. The second-order valence-corrected chi connectivity index (χ2v) is 16.2. The lowest BCUT2D eigenvalue weighted by Gasteiger charge is -2.31. The standard InChI is InChI=1S/C37H43F2N5S2/c1-23(2)19-24-9-7-10-25(20-24)37(5)15-8-14-36(3,4)22-45-18-13-28-27-12-17-41-32(27)30(38)31(39)33(28)46-26-11-16-40-29(21-26)34-42-35(37)43-44(34)6/h7,9-12,16-17,20-21,23,41H,8,13-15,18-19,22H2,1-6H3/t37-/m1/s1. The van der Waals surface area contributed by atoms with Gasteiger partial charge in [0.05, 0.1) is 15.8 Å². The van der Waals surface area contributed by atoms with Crippen molar-refractivity contribution in [2.75, 3.05) is 11.5 Å². The summed E-state index contributed by atoms with van der Waals surface area (Å²) in [5.41, 5.74) is 3.97. The van der Waals surface area contributed by atoms with Crippen molar-refractivity contribution >= 4 is 34.4 Å². The fraction of sp³-hybridized carbons (Fsp3) is 0.432. The fourth-order valence-corrected chi connectivity index (χ4v) is 8.83. The largest absolute Gasteiger partial charge is 0.359 e. The van der Waals surface area contributed by atoms with Crippen LogP contribution in [0.1, 0.15) is 76.4 Å². The first-order chi connectivity index (χ1) is 21.9. The number of hydrogen-bond donors (Lipinski definition) is 1. The molecular weight excluding hydrogens is 617 g/mol. The number of aryl methyl sites for hydroxylation is 2. The summed E-state index contributed by atoms with van der Waals surface area (Å²) in [7, 11) is 1.90. The molecule has 2 aromatic carbocycles. The molecule has 5 nitrogen and oxygen atoms in total. The quantitative estimate of drug-likeness (QED) is 0.209. The van der Waals surface area contributed by atoms with Crippen LogP contribution in [-0.2, 0) is 25.3 Å². The van der Waals surface area contributed by atoms with Crippen LogP contribution in [0.2, 0.25) is 0 Å². The SMILES string of the molecule is CC(C)Cc1cccc([C@@]2(C)CCCC(C)(C)CSCCc3c(c(F)c(F)c4[nH]ccc34)Sc3ccnc(c3)-c3nc2nn3C)c1. The Hall–Kier alpha value is -3.17. The zero-order valence-electron chi connectivity index (χ0n) is 27.6. The van der Waals surface area contributed by atoms with E-state index in [1.807, 2.05) is 37.0 Å². The third-order valence-corrected chi connectivity index (χ3v) is 11.7. The molecule has 0 radical (unpaired) electrons. The van der Waals surface area contributed by atoms with Crippen molar-refractivity contribution in [1.82, 2.24) is 24.7 Å². The highest BCUT2D eigenvalue weighted by atomic mass is 32.2. The summed E-state index contributed by atoms with van der Waals surface area (Å²) in [5.74, 6) is 2.13. The Kier molecular flexibility index (Phi) is 9.36. The average molecular weight is 660 g/mol. The van der Waals surface area contributed by atoms with Gasteiger partial charge in [0.25, 0.3) is 0 Å². The molecule has 9 heteroatoms. The monoisotopic (exact) mass is 659 g/mol. The molecule has 1 aliphatic rings. The van der Waals surface area contributed by atoms with Crippen molar-refractivity contribution in [1.29, 1.82) is 0 Å². The molecule has 46 heavy (non-hydrogen) atoms. The molecule has 0 spiro atoms. The molecule has 1 N–H and O–H groups in total. The number of thioether (sulfide) groups is 1. The maximum Gasteiger partial charge on any atom is 0.184 e. The van der Waals surface area contributed by atoms with Crippen LogP contribution in [0.4, 0.5) is 8.78 Å². The van der Waals surface area contributed by atoms with E-state index in [-0.39, 0.29) is 10.9 Å². The molecule has 1 atom stereocenters. The topological polar surface area (TPSA) is 59.4 Å². The van der Waals surface area contributed by atoms with E-state index in [2.05, 4.69) is 68.9 Å². The first-order valence-corrected chi connectivity index (χ1v) is 18.1. The van der Waals surface area contributed by atoms with E-state index in [0.29, 0.717) is 28.8 Å². The Morgan fingerprint density at radius 1 is 1.04 bits per heavy atom. The summed E-state index contributed by atoms with van der Waals surface area (Å²) >= 11 is 3.13. The minimum Gasteiger partial charge on any atom is -0.359 e. The van der Waals surface area contributed by atoms with Crippen molar-refractivity contribution in [3.8, 4) is 11.5 Å². The van der Waals surface area contributed by atoms with E-state index in [9.17, 15) is 0 Å². The van der Waals surface area contributed by atoms with Crippen LogP contribution >= 0.6 is 23.5 Å². The third kappa shape index (κ3) is 6.63. The minimum atomic E-state index is -0.842. The Balaban J connectivity index is 1.46. The molecule has 0 aliphatic carbocycles. The maximum atomic E-state index is 15.7. The molecule has 0 fully saturated rings. The number of nitrogens with zero attached hydrogens (tertiary/aromatic N) is 4. The first kappa shape index (κ1) is 32.8. The summed E-state index contributed by atoms with van der Waals surface area (Å²) < 4.78 is 32.8. The molecule has 3 aromatic heterocycles. The highest BCUT2D eigenvalue weighted by Gasteiger charge is 2.35. The molecule has 0 saturated carbocycles. The van der Waals surface area contributed by atoms with Gasteiger partial charge < -0.3 is 4.98 Å². The van der Waals surface area contributed by atoms with Gasteiger partial charge in [-0.15, -0.1) is 0 Å². The summed E-state index contributed by atoms with van der Waals surface area (Å²) in [4.78, 5) is 13.8. The molecule has 242 valence electrons. The number of aromatic nitrogens is 5. The van der Waals surface area contributed by atoms with Crippen LogP contribution in [0.3, 0.4) is 0 Å². The minimum absolute atomic E-state index is 0.107. The van der Waals surface area contributed by atoms with Crippen molar-refractivity contribution in [2.24, 2.45) is 18.4 Å². The maximum absolute atomic E-state index is 15.7. The van der Waals surface area contributed by atoms with E-state index in [1.54, 1.807) is 17.1 Å². The molecule has 0 amide bonds. The lowest BCUT2D eigenvalue weighted by atomic mass is 9.75. The molecular formula is C37H43F2N5S2. The number of pyridine rings is 1. The van der Waals surface area contributed by atoms with Crippen molar-refractivity contribution < 1.29 is 8.78 Å². The van der Waals surface area contributed by atoms with Gasteiger partial charge >= 0.3 is 0 Å². The fourth-order valence-electron chi connectivity index (χ4n) is 6.59. The summed E-state index contributed by atoms with van der Waals surface area (Å²) in [5, 5.41) is 5.75. The van der Waals surface area contributed by atoms with Gasteiger partial charge in [0.1, 0.15) is 5.69 Å². The summed E-state index contributed by atoms with van der Waals surface area (Å²) in [6, 6.07) is 14.5. The van der Waals surface area contributed by atoms with Crippen molar-refractivity contribution in [3.63, 3.8) is 0 Å². The Morgan fingerprint density at radius 3 is 2.67 bits per heavy atom. The molecule has 5 aromatic rings. The number of nitrogens with one attached hydrogen (secondary N) is 1. The number of fused-ring (bicyclic) bond motifs is 8. The van der Waals surface area contributed by atoms with Crippen LogP contribution in [0.15, 0.2) is 64.6 Å². The Morgan fingerprint density at radius 2 is 1.87 bits per heavy atom. The van der Waals surface area contributed by atoms with Crippen molar-refractivity contribution in [2.45, 2.75) is 81.9 Å². The van der Waals surface area contributed by atoms with Gasteiger partial charge in [0.2, 0.25) is 0 Å². The lowest BCUT2D eigenvalue weighted by Crippen LogP contribution is -2.27. The Labute approximate surface area is 279 Å². The molecule has 0 saturated heterocycles. The number of hydrogen-bond acceptors (Lipinski definition) is 5. The van der Waals surface area contributed by atoms with Crippen LogP contribution < -0.4 is 0 Å².